The third kappa shape index (κ3) is 6.63. The molecule has 1 N–H and O–H groups in total. The molecule has 0 fully saturated rings. The average Bonchev–Trinajstić information content (AvgIpc) is 2.76. The highest BCUT2D eigenvalue weighted by Gasteiger charge is 2.16. The van der Waals surface area contributed by atoms with Gasteiger partial charge in [-0.1, -0.05) is 55.6 Å². The van der Waals surface area contributed by atoms with Crippen LogP contribution in [0, 0.1) is 5.92 Å². The number of carbonyl (C=O) groups excluding carboxylic acids is 1. The molecule has 0 aliphatic heterocycles. The molecular formula is C12H21N3OS3. The predicted octanol–water partition coefficient (Wildman–Crippen LogP) is 3.29. The Bertz CT molecular complexity index is 395. The van der Waals surface area contributed by atoms with Crippen LogP contribution in [0.3, 0.4) is 0 Å². The van der Waals surface area contributed by atoms with Crippen LogP contribution in [0.25, 0.3) is 0 Å². The van der Waals surface area contributed by atoms with E-state index in [4.69, 9.17) is 0 Å². The van der Waals surface area contributed by atoms with Crippen molar-refractivity contribution >= 4 is 40.8 Å². The van der Waals surface area contributed by atoms with Crippen molar-refractivity contribution in [3.63, 3.8) is 0 Å². The summed E-state index contributed by atoms with van der Waals surface area (Å²) in [6, 6.07) is 0. The van der Waals surface area contributed by atoms with Gasteiger partial charge in [0.05, 0.1) is 5.25 Å². The molecule has 0 aromatic carbocycles. The van der Waals surface area contributed by atoms with Gasteiger partial charge in [0.15, 0.2) is 8.68 Å². The minimum atomic E-state index is -0.125. The number of hydrogen-bond donors (Lipinski definition) is 1. The fraction of sp³-hybridized carbons (Fsp3) is 0.750. The first kappa shape index (κ1) is 16.8. The molecule has 1 atom stereocenters. The molecule has 19 heavy (non-hydrogen) atoms. The summed E-state index contributed by atoms with van der Waals surface area (Å²) in [4.78, 5) is 11.9. The van der Waals surface area contributed by atoms with Crippen molar-refractivity contribution in [3.8, 4) is 0 Å². The molecule has 0 saturated heterocycles. The third-order valence-electron chi connectivity index (χ3n) is 2.32. The second-order valence-corrected chi connectivity index (χ2v) is 8.58. The number of rotatable bonds is 8. The minimum absolute atomic E-state index is 0.0746. The summed E-state index contributed by atoms with van der Waals surface area (Å²) in [5.74, 6) is 1.68. The third-order valence-corrected chi connectivity index (χ3v) is 5.45. The maximum absolute atomic E-state index is 11.9. The van der Waals surface area contributed by atoms with Crippen LogP contribution in [0.1, 0.15) is 34.1 Å². The summed E-state index contributed by atoms with van der Waals surface area (Å²) in [6.07, 6.45) is 1.01. The second-order valence-electron chi connectivity index (χ2n) is 4.50. The van der Waals surface area contributed by atoms with Gasteiger partial charge in [-0.15, -0.1) is 10.2 Å². The molecule has 1 aromatic rings. The van der Waals surface area contributed by atoms with E-state index in [1.54, 1.807) is 23.1 Å². The van der Waals surface area contributed by atoms with E-state index in [1.807, 2.05) is 6.92 Å². The highest BCUT2D eigenvalue weighted by molar-refractivity contribution is 8.03. The van der Waals surface area contributed by atoms with E-state index in [9.17, 15) is 4.79 Å². The van der Waals surface area contributed by atoms with E-state index in [-0.39, 0.29) is 11.2 Å². The number of hydrogen-bond acceptors (Lipinski definition) is 6. The summed E-state index contributed by atoms with van der Waals surface area (Å²) < 4.78 is 1.83. The lowest BCUT2D eigenvalue weighted by molar-refractivity contribution is -0.120. The lowest BCUT2D eigenvalue weighted by atomic mass is 10.1. The number of aromatic nitrogens is 2. The van der Waals surface area contributed by atoms with E-state index in [0.717, 1.165) is 27.4 Å². The average molecular weight is 320 g/mol. The largest absolute Gasteiger partial charge is 0.355 e. The van der Waals surface area contributed by atoms with Gasteiger partial charge < -0.3 is 5.32 Å². The molecule has 0 spiro atoms. The van der Waals surface area contributed by atoms with Gasteiger partial charge >= 0.3 is 0 Å². The Hall–Kier alpha value is -0.270. The van der Waals surface area contributed by atoms with Crippen LogP contribution in [-0.2, 0) is 4.79 Å². The van der Waals surface area contributed by atoms with Gasteiger partial charge in [0.25, 0.3) is 0 Å². The van der Waals surface area contributed by atoms with Crippen LogP contribution in [0.15, 0.2) is 8.68 Å². The second kappa shape index (κ2) is 8.81. The molecule has 0 radical (unpaired) electrons. The maximum atomic E-state index is 11.9. The molecule has 4 nitrogen and oxygen atoms in total. The van der Waals surface area contributed by atoms with Crippen molar-refractivity contribution in [2.75, 3.05) is 12.3 Å². The number of nitrogens with one attached hydrogen (secondary N) is 1. The Labute approximate surface area is 127 Å². The quantitative estimate of drug-likeness (QED) is 0.745. The Balaban J connectivity index is 2.35. The molecule has 7 heteroatoms. The van der Waals surface area contributed by atoms with Crippen LogP contribution in [0.4, 0.5) is 0 Å². The van der Waals surface area contributed by atoms with Crippen LogP contribution in [-0.4, -0.2) is 33.7 Å². The fourth-order valence-electron chi connectivity index (χ4n) is 1.26. The van der Waals surface area contributed by atoms with E-state index >= 15 is 0 Å². The van der Waals surface area contributed by atoms with Crippen LogP contribution in [0.2, 0.25) is 0 Å². The monoisotopic (exact) mass is 319 g/mol. The molecule has 1 aromatic heterocycles. The van der Waals surface area contributed by atoms with E-state index in [1.165, 1.54) is 11.8 Å². The summed E-state index contributed by atoms with van der Waals surface area (Å²) in [5, 5.41) is 11.0. The Morgan fingerprint density at radius 3 is 2.63 bits per heavy atom. The topological polar surface area (TPSA) is 54.9 Å². The Morgan fingerprint density at radius 2 is 2.00 bits per heavy atom. The molecule has 1 amide bonds. The normalized spacial score (nSPS) is 12.7. The molecule has 0 bridgehead atoms. The summed E-state index contributed by atoms with van der Waals surface area (Å²) in [7, 11) is 0. The molecule has 1 unspecified atom stereocenters. The van der Waals surface area contributed by atoms with Crippen LogP contribution >= 0.6 is 34.9 Å². The van der Waals surface area contributed by atoms with Gasteiger partial charge in [0.1, 0.15) is 0 Å². The van der Waals surface area contributed by atoms with E-state index in [0.29, 0.717) is 5.92 Å². The van der Waals surface area contributed by atoms with Gasteiger partial charge in [-0.2, -0.15) is 0 Å². The number of carbonyl (C=O) groups is 1. The van der Waals surface area contributed by atoms with Crippen molar-refractivity contribution in [1.29, 1.82) is 0 Å². The number of amides is 1. The minimum Gasteiger partial charge on any atom is -0.355 e. The molecule has 0 aliphatic carbocycles. The van der Waals surface area contributed by atoms with Crippen LogP contribution < -0.4 is 5.32 Å². The van der Waals surface area contributed by atoms with Crippen LogP contribution in [0.5, 0.6) is 0 Å². The first-order valence-corrected chi connectivity index (χ1v) is 9.11. The zero-order valence-corrected chi connectivity index (χ0v) is 14.3. The lowest BCUT2D eigenvalue weighted by Crippen LogP contribution is -2.32. The number of thioether (sulfide) groups is 2. The molecule has 0 aliphatic rings. The van der Waals surface area contributed by atoms with Gasteiger partial charge in [-0.25, -0.2) is 0 Å². The van der Waals surface area contributed by atoms with Gasteiger partial charge in [-0.3, -0.25) is 4.79 Å². The highest BCUT2D eigenvalue weighted by Crippen LogP contribution is 2.30. The van der Waals surface area contributed by atoms with Gasteiger partial charge in [0.2, 0.25) is 5.91 Å². The Morgan fingerprint density at radius 1 is 1.32 bits per heavy atom. The van der Waals surface area contributed by atoms with Crippen molar-refractivity contribution in [2.45, 2.75) is 48.0 Å². The summed E-state index contributed by atoms with van der Waals surface area (Å²) in [5.41, 5.74) is 0. The predicted molar refractivity (Wildman–Crippen MR) is 84.1 cm³/mol. The van der Waals surface area contributed by atoms with E-state index in [2.05, 4.69) is 36.3 Å². The standard InChI is InChI=1S/C12H21N3OS3/c1-5-17-11-14-15-12(19-11)18-9(4)10(16)13-7-6-8(2)3/h8-9H,5-7H2,1-4H3,(H,13,16). The van der Waals surface area contributed by atoms with Gasteiger partial charge in [0, 0.05) is 6.54 Å². The lowest BCUT2D eigenvalue weighted by Gasteiger charge is -2.11. The molecular weight excluding hydrogens is 298 g/mol. The smallest absolute Gasteiger partial charge is 0.233 e. The molecule has 108 valence electrons. The fourth-order valence-corrected chi connectivity index (χ4v) is 4.34. The van der Waals surface area contributed by atoms with Gasteiger partial charge in [-0.05, 0) is 25.0 Å². The van der Waals surface area contributed by atoms with Crippen molar-refractivity contribution in [3.05, 3.63) is 0 Å². The first-order valence-electron chi connectivity index (χ1n) is 6.43. The van der Waals surface area contributed by atoms with E-state index < -0.39 is 0 Å². The number of nitrogens with zero attached hydrogens (tertiary/aromatic N) is 2. The zero-order chi connectivity index (χ0) is 14.3. The highest BCUT2D eigenvalue weighted by atomic mass is 32.2. The first-order chi connectivity index (χ1) is 9.02. The SMILES string of the molecule is CCSc1nnc(SC(C)C(=O)NCCC(C)C)s1. The maximum Gasteiger partial charge on any atom is 0.233 e. The van der Waals surface area contributed by atoms with Crippen molar-refractivity contribution in [2.24, 2.45) is 5.92 Å². The molecule has 0 saturated carbocycles. The molecule has 1 heterocycles. The summed E-state index contributed by atoms with van der Waals surface area (Å²) in [6.45, 7) is 9.04. The molecule has 1 rings (SSSR count). The Kier molecular flexibility index (Phi) is 7.78. The summed E-state index contributed by atoms with van der Waals surface area (Å²) >= 11 is 4.71. The zero-order valence-electron chi connectivity index (χ0n) is 11.8. The van der Waals surface area contributed by atoms with Crippen molar-refractivity contribution in [1.82, 2.24) is 15.5 Å². The van der Waals surface area contributed by atoms with Crippen molar-refractivity contribution < 1.29 is 4.79 Å².